The summed E-state index contributed by atoms with van der Waals surface area (Å²) in [4.78, 5) is 0. The molecular weight excluding hydrogens is 164 g/mol. The molecule has 0 aromatic heterocycles. The number of ether oxygens (including phenoxy) is 2. The summed E-state index contributed by atoms with van der Waals surface area (Å²) < 4.78 is 11.2. The van der Waals surface area contributed by atoms with E-state index < -0.39 is 5.79 Å². The van der Waals surface area contributed by atoms with Crippen molar-refractivity contribution in [3.05, 3.63) is 12.2 Å². The van der Waals surface area contributed by atoms with E-state index in [4.69, 9.17) is 9.47 Å². The first-order valence-corrected chi connectivity index (χ1v) is 5.04. The minimum atomic E-state index is -0.417. The SMILES string of the molecule is C=C(CCCC)C1COC(C)(C)O1. The van der Waals surface area contributed by atoms with E-state index in [2.05, 4.69) is 13.5 Å². The third-order valence-corrected chi connectivity index (χ3v) is 2.32. The zero-order valence-corrected chi connectivity index (χ0v) is 8.93. The monoisotopic (exact) mass is 184 g/mol. The largest absolute Gasteiger partial charge is 0.347 e. The molecule has 2 heteroatoms. The maximum atomic E-state index is 5.69. The molecule has 76 valence electrons. The van der Waals surface area contributed by atoms with Crippen molar-refractivity contribution in [1.29, 1.82) is 0 Å². The average Bonchev–Trinajstić information content (AvgIpc) is 2.42. The topological polar surface area (TPSA) is 18.5 Å². The van der Waals surface area contributed by atoms with Gasteiger partial charge in [0.05, 0.1) is 6.61 Å². The molecule has 13 heavy (non-hydrogen) atoms. The van der Waals surface area contributed by atoms with Gasteiger partial charge in [0.1, 0.15) is 6.10 Å². The lowest BCUT2D eigenvalue weighted by Crippen LogP contribution is -2.22. The molecule has 1 aliphatic rings. The molecule has 0 bridgehead atoms. The van der Waals surface area contributed by atoms with Crippen molar-refractivity contribution in [2.45, 2.75) is 51.9 Å². The van der Waals surface area contributed by atoms with Gasteiger partial charge in [-0.1, -0.05) is 19.9 Å². The quantitative estimate of drug-likeness (QED) is 0.625. The standard InChI is InChI=1S/C11H20O2/c1-5-6-7-9(2)10-8-12-11(3,4)13-10/h10H,2,5-8H2,1,3-4H3. The molecular formula is C11H20O2. The zero-order chi connectivity index (χ0) is 9.90. The van der Waals surface area contributed by atoms with Crippen LogP contribution < -0.4 is 0 Å². The Morgan fingerprint density at radius 3 is 2.69 bits per heavy atom. The maximum Gasteiger partial charge on any atom is 0.163 e. The lowest BCUT2D eigenvalue weighted by Gasteiger charge is -2.18. The molecule has 2 nitrogen and oxygen atoms in total. The Morgan fingerprint density at radius 2 is 2.23 bits per heavy atom. The van der Waals surface area contributed by atoms with Crippen LogP contribution in [0.3, 0.4) is 0 Å². The Hall–Kier alpha value is -0.340. The summed E-state index contributed by atoms with van der Waals surface area (Å²) in [6.45, 7) is 10.8. The fourth-order valence-corrected chi connectivity index (χ4v) is 1.45. The summed E-state index contributed by atoms with van der Waals surface area (Å²) in [5.41, 5.74) is 1.17. The number of hydrogen-bond donors (Lipinski definition) is 0. The van der Waals surface area contributed by atoms with Crippen molar-refractivity contribution in [2.75, 3.05) is 6.61 Å². The molecule has 1 aliphatic heterocycles. The molecule has 0 spiro atoms. The molecule has 0 N–H and O–H groups in total. The molecule has 1 heterocycles. The van der Waals surface area contributed by atoms with Crippen LogP contribution in [0.15, 0.2) is 12.2 Å². The van der Waals surface area contributed by atoms with E-state index in [1.54, 1.807) is 0 Å². The summed E-state index contributed by atoms with van der Waals surface area (Å²) >= 11 is 0. The fraction of sp³-hybridized carbons (Fsp3) is 0.818. The van der Waals surface area contributed by atoms with Gasteiger partial charge < -0.3 is 9.47 Å². The number of hydrogen-bond acceptors (Lipinski definition) is 2. The fourth-order valence-electron chi connectivity index (χ4n) is 1.45. The van der Waals surface area contributed by atoms with Crippen molar-refractivity contribution < 1.29 is 9.47 Å². The summed E-state index contributed by atoms with van der Waals surface area (Å²) in [6.07, 6.45) is 3.57. The smallest absolute Gasteiger partial charge is 0.163 e. The van der Waals surface area contributed by atoms with Crippen LogP contribution in [0.25, 0.3) is 0 Å². The lowest BCUT2D eigenvalue weighted by atomic mass is 10.1. The van der Waals surface area contributed by atoms with Crippen LogP contribution in [0.4, 0.5) is 0 Å². The van der Waals surface area contributed by atoms with Gasteiger partial charge in [0.2, 0.25) is 0 Å². The molecule has 0 aromatic rings. The third-order valence-electron chi connectivity index (χ3n) is 2.32. The Bertz CT molecular complexity index is 185. The van der Waals surface area contributed by atoms with Crippen LogP contribution in [0.1, 0.15) is 40.0 Å². The first-order chi connectivity index (χ1) is 6.05. The highest BCUT2D eigenvalue weighted by molar-refractivity contribution is 5.04. The van der Waals surface area contributed by atoms with E-state index in [0.717, 1.165) is 6.42 Å². The molecule has 1 unspecified atom stereocenters. The van der Waals surface area contributed by atoms with Gasteiger partial charge in [-0.15, -0.1) is 0 Å². The van der Waals surface area contributed by atoms with E-state index in [1.165, 1.54) is 18.4 Å². The Morgan fingerprint density at radius 1 is 1.54 bits per heavy atom. The molecule has 0 radical (unpaired) electrons. The highest BCUT2D eigenvalue weighted by Crippen LogP contribution is 2.27. The normalized spacial score (nSPS) is 26.2. The first kappa shape index (κ1) is 10.7. The van der Waals surface area contributed by atoms with Crippen LogP contribution in [0.2, 0.25) is 0 Å². The van der Waals surface area contributed by atoms with Crippen LogP contribution in [0, 0.1) is 0 Å². The van der Waals surface area contributed by atoms with Crippen LogP contribution in [-0.4, -0.2) is 18.5 Å². The molecule has 1 saturated heterocycles. The van der Waals surface area contributed by atoms with Crippen molar-refractivity contribution in [3.63, 3.8) is 0 Å². The summed E-state index contributed by atoms with van der Waals surface area (Å²) in [5.74, 6) is -0.417. The second kappa shape index (κ2) is 4.25. The van der Waals surface area contributed by atoms with Gasteiger partial charge in [0.25, 0.3) is 0 Å². The van der Waals surface area contributed by atoms with Gasteiger partial charge in [-0.05, 0) is 32.3 Å². The van der Waals surface area contributed by atoms with Gasteiger partial charge in [0, 0.05) is 0 Å². The van der Waals surface area contributed by atoms with Gasteiger partial charge in [-0.25, -0.2) is 0 Å². The molecule has 1 atom stereocenters. The highest BCUT2D eigenvalue weighted by Gasteiger charge is 2.33. The summed E-state index contributed by atoms with van der Waals surface area (Å²) in [6, 6.07) is 0. The zero-order valence-electron chi connectivity index (χ0n) is 8.93. The molecule has 0 amide bonds. The van der Waals surface area contributed by atoms with E-state index in [1.807, 2.05) is 13.8 Å². The second-order valence-corrected chi connectivity index (χ2v) is 4.08. The van der Waals surface area contributed by atoms with Crippen LogP contribution in [0.5, 0.6) is 0 Å². The van der Waals surface area contributed by atoms with Gasteiger partial charge >= 0.3 is 0 Å². The van der Waals surface area contributed by atoms with E-state index in [0.29, 0.717) is 6.61 Å². The summed E-state index contributed by atoms with van der Waals surface area (Å²) in [5, 5.41) is 0. The number of unbranched alkanes of at least 4 members (excludes halogenated alkanes) is 1. The second-order valence-electron chi connectivity index (χ2n) is 4.08. The van der Waals surface area contributed by atoms with Gasteiger partial charge in [0.15, 0.2) is 5.79 Å². The van der Waals surface area contributed by atoms with E-state index in [-0.39, 0.29) is 6.10 Å². The highest BCUT2D eigenvalue weighted by atomic mass is 16.7. The van der Waals surface area contributed by atoms with Crippen molar-refractivity contribution in [2.24, 2.45) is 0 Å². The van der Waals surface area contributed by atoms with E-state index >= 15 is 0 Å². The Labute approximate surface area is 80.9 Å². The molecule has 1 fully saturated rings. The minimum Gasteiger partial charge on any atom is -0.347 e. The Balaban J connectivity index is 2.33. The van der Waals surface area contributed by atoms with Crippen LogP contribution in [-0.2, 0) is 9.47 Å². The predicted octanol–water partition coefficient (Wildman–Crippen LogP) is 2.88. The van der Waals surface area contributed by atoms with Crippen molar-refractivity contribution >= 4 is 0 Å². The van der Waals surface area contributed by atoms with Gasteiger partial charge in [-0.3, -0.25) is 0 Å². The van der Waals surface area contributed by atoms with E-state index in [9.17, 15) is 0 Å². The first-order valence-electron chi connectivity index (χ1n) is 5.04. The van der Waals surface area contributed by atoms with Crippen molar-refractivity contribution in [1.82, 2.24) is 0 Å². The summed E-state index contributed by atoms with van der Waals surface area (Å²) in [7, 11) is 0. The van der Waals surface area contributed by atoms with Crippen molar-refractivity contribution in [3.8, 4) is 0 Å². The third kappa shape index (κ3) is 3.12. The maximum absolute atomic E-state index is 5.69. The molecule has 0 aliphatic carbocycles. The molecule has 1 rings (SSSR count). The average molecular weight is 184 g/mol. The molecule has 0 aromatic carbocycles. The lowest BCUT2D eigenvalue weighted by molar-refractivity contribution is -0.134. The predicted molar refractivity (Wildman–Crippen MR) is 53.6 cm³/mol. The van der Waals surface area contributed by atoms with Crippen LogP contribution >= 0.6 is 0 Å². The molecule has 0 saturated carbocycles. The minimum absolute atomic E-state index is 0.113. The van der Waals surface area contributed by atoms with Gasteiger partial charge in [-0.2, -0.15) is 0 Å². The Kier molecular flexibility index (Phi) is 3.51. The number of rotatable bonds is 4.